The van der Waals surface area contributed by atoms with E-state index in [1.54, 1.807) is 6.07 Å². The zero-order valence-electron chi connectivity index (χ0n) is 11.8. The molecule has 1 aromatic heterocycles. The van der Waals surface area contributed by atoms with Crippen LogP contribution in [-0.2, 0) is 12.6 Å². The number of nitrogens with one attached hydrogen (secondary N) is 1. The Morgan fingerprint density at radius 1 is 1.14 bits per heavy atom. The zero-order valence-corrected chi connectivity index (χ0v) is 11.8. The summed E-state index contributed by atoms with van der Waals surface area (Å²) in [5, 5.41) is 3.11. The number of nitrogens with zero attached hydrogens (tertiary/aromatic N) is 2. The third kappa shape index (κ3) is 3.32. The lowest BCUT2D eigenvalue weighted by atomic mass is 10.0. The Hall–Kier alpha value is -2.11. The molecule has 2 rings (SSSR count). The van der Waals surface area contributed by atoms with Crippen LogP contribution in [0.15, 0.2) is 30.6 Å². The van der Waals surface area contributed by atoms with Gasteiger partial charge < -0.3 is 5.32 Å². The SMILES string of the molecule is CCNc1ncnc(-c2cccc(C(F)(F)F)c2)c1CC. The lowest BCUT2D eigenvalue weighted by molar-refractivity contribution is -0.137. The molecule has 112 valence electrons. The van der Waals surface area contributed by atoms with E-state index in [9.17, 15) is 13.2 Å². The summed E-state index contributed by atoms with van der Waals surface area (Å²) in [5.74, 6) is 0.669. The minimum Gasteiger partial charge on any atom is -0.370 e. The van der Waals surface area contributed by atoms with Crippen molar-refractivity contribution in [3.63, 3.8) is 0 Å². The average molecular weight is 295 g/mol. The van der Waals surface area contributed by atoms with Crippen LogP contribution in [0.5, 0.6) is 0 Å². The molecule has 6 heteroatoms. The number of halogens is 3. The van der Waals surface area contributed by atoms with Gasteiger partial charge in [-0.15, -0.1) is 0 Å². The second-order valence-corrected chi connectivity index (χ2v) is 4.51. The summed E-state index contributed by atoms with van der Waals surface area (Å²) in [7, 11) is 0. The van der Waals surface area contributed by atoms with Crippen LogP contribution in [0.3, 0.4) is 0 Å². The lowest BCUT2D eigenvalue weighted by Crippen LogP contribution is -2.07. The largest absolute Gasteiger partial charge is 0.416 e. The van der Waals surface area contributed by atoms with Crippen LogP contribution >= 0.6 is 0 Å². The summed E-state index contributed by atoms with van der Waals surface area (Å²) in [5.41, 5.74) is 1.13. The van der Waals surface area contributed by atoms with E-state index in [4.69, 9.17) is 0 Å². The van der Waals surface area contributed by atoms with Gasteiger partial charge in [0, 0.05) is 17.7 Å². The molecule has 0 saturated heterocycles. The molecular weight excluding hydrogens is 279 g/mol. The van der Waals surface area contributed by atoms with Crippen molar-refractivity contribution in [1.29, 1.82) is 0 Å². The number of rotatable bonds is 4. The van der Waals surface area contributed by atoms with Crippen molar-refractivity contribution >= 4 is 5.82 Å². The fraction of sp³-hybridized carbons (Fsp3) is 0.333. The van der Waals surface area contributed by atoms with Crippen LogP contribution in [0.25, 0.3) is 11.3 Å². The van der Waals surface area contributed by atoms with Gasteiger partial charge in [0.25, 0.3) is 0 Å². The van der Waals surface area contributed by atoms with Gasteiger partial charge in [-0.2, -0.15) is 13.2 Å². The van der Waals surface area contributed by atoms with Gasteiger partial charge in [0.2, 0.25) is 0 Å². The predicted octanol–water partition coefficient (Wildman–Crippen LogP) is 4.16. The van der Waals surface area contributed by atoms with Crippen molar-refractivity contribution in [3.05, 3.63) is 41.7 Å². The number of anilines is 1. The van der Waals surface area contributed by atoms with Crippen LogP contribution in [-0.4, -0.2) is 16.5 Å². The first-order valence-corrected chi connectivity index (χ1v) is 6.72. The van der Waals surface area contributed by atoms with Crippen molar-refractivity contribution in [1.82, 2.24) is 9.97 Å². The molecule has 1 heterocycles. The van der Waals surface area contributed by atoms with Gasteiger partial charge in [0.15, 0.2) is 0 Å². The monoisotopic (exact) mass is 295 g/mol. The minimum absolute atomic E-state index is 0.447. The quantitative estimate of drug-likeness (QED) is 0.920. The average Bonchev–Trinajstić information content (AvgIpc) is 2.46. The van der Waals surface area contributed by atoms with E-state index < -0.39 is 11.7 Å². The molecule has 0 saturated carbocycles. The zero-order chi connectivity index (χ0) is 15.5. The van der Waals surface area contributed by atoms with Gasteiger partial charge in [-0.25, -0.2) is 9.97 Å². The van der Waals surface area contributed by atoms with E-state index in [0.717, 1.165) is 17.7 Å². The van der Waals surface area contributed by atoms with Crippen LogP contribution in [0.1, 0.15) is 25.0 Å². The first kappa shape index (κ1) is 15.3. The maximum absolute atomic E-state index is 12.8. The fourth-order valence-corrected chi connectivity index (χ4v) is 2.16. The van der Waals surface area contributed by atoms with Gasteiger partial charge in [0.1, 0.15) is 12.1 Å². The summed E-state index contributed by atoms with van der Waals surface area (Å²) < 4.78 is 38.5. The summed E-state index contributed by atoms with van der Waals surface area (Å²) in [6.07, 6.45) is -2.36. The van der Waals surface area contributed by atoms with E-state index in [1.165, 1.54) is 12.4 Å². The van der Waals surface area contributed by atoms with E-state index in [-0.39, 0.29) is 0 Å². The molecule has 3 nitrogen and oxygen atoms in total. The van der Waals surface area contributed by atoms with Gasteiger partial charge in [-0.1, -0.05) is 19.1 Å². The Labute approximate surface area is 121 Å². The molecular formula is C15H16F3N3. The molecule has 2 aromatic rings. The number of hydrogen-bond donors (Lipinski definition) is 1. The van der Waals surface area contributed by atoms with Crippen LogP contribution in [0.2, 0.25) is 0 Å². The van der Waals surface area contributed by atoms with Crippen LogP contribution in [0.4, 0.5) is 19.0 Å². The summed E-state index contributed by atoms with van der Waals surface area (Å²) in [4.78, 5) is 8.32. The highest BCUT2D eigenvalue weighted by molar-refractivity contribution is 5.68. The molecule has 1 N–H and O–H groups in total. The molecule has 0 radical (unpaired) electrons. The van der Waals surface area contributed by atoms with Crippen molar-refractivity contribution in [2.45, 2.75) is 26.4 Å². The second-order valence-electron chi connectivity index (χ2n) is 4.51. The molecule has 0 aliphatic heterocycles. The van der Waals surface area contributed by atoms with E-state index in [0.29, 0.717) is 30.0 Å². The Morgan fingerprint density at radius 3 is 2.52 bits per heavy atom. The smallest absolute Gasteiger partial charge is 0.370 e. The molecule has 0 bridgehead atoms. The molecule has 1 aromatic carbocycles. The summed E-state index contributed by atoms with van der Waals surface area (Å²) in [6, 6.07) is 5.21. The Kier molecular flexibility index (Phi) is 4.45. The number of benzene rings is 1. The predicted molar refractivity (Wildman–Crippen MR) is 76.0 cm³/mol. The molecule has 0 aliphatic carbocycles. The maximum atomic E-state index is 12.8. The number of hydrogen-bond acceptors (Lipinski definition) is 3. The highest BCUT2D eigenvalue weighted by Gasteiger charge is 2.30. The van der Waals surface area contributed by atoms with Crippen molar-refractivity contribution in [2.75, 3.05) is 11.9 Å². The molecule has 0 amide bonds. The molecule has 0 fully saturated rings. The van der Waals surface area contributed by atoms with E-state index in [1.807, 2.05) is 13.8 Å². The lowest BCUT2D eigenvalue weighted by Gasteiger charge is -2.13. The number of aromatic nitrogens is 2. The summed E-state index contributed by atoms with van der Waals surface area (Å²) in [6.45, 7) is 4.55. The highest BCUT2D eigenvalue weighted by atomic mass is 19.4. The van der Waals surface area contributed by atoms with Crippen LogP contribution in [0, 0.1) is 0 Å². The van der Waals surface area contributed by atoms with Gasteiger partial charge >= 0.3 is 6.18 Å². The highest BCUT2D eigenvalue weighted by Crippen LogP contribution is 2.33. The maximum Gasteiger partial charge on any atom is 0.416 e. The van der Waals surface area contributed by atoms with Gasteiger partial charge in [0.05, 0.1) is 11.3 Å². The molecule has 0 unspecified atom stereocenters. The van der Waals surface area contributed by atoms with Gasteiger partial charge in [-0.3, -0.25) is 0 Å². The fourth-order valence-electron chi connectivity index (χ4n) is 2.16. The van der Waals surface area contributed by atoms with Crippen molar-refractivity contribution < 1.29 is 13.2 Å². The standard InChI is InChI=1S/C15H16F3N3/c1-3-12-13(20-9-21-14(12)19-4-2)10-6-5-7-11(8-10)15(16,17)18/h5-9H,3-4H2,1-2H3,(H,19,20,21). The summed E-state index contributed by atoms with van der Waals surface area (Å²) >= 11 is 0. The number of alkyl halides is 3. The Balaban J connectivity index is 2.54. The van der Waals surface area contributed by atoms with E-state index >= 15 is 0 Å². The molecule has 21 heavy (non-hydrogen) atoms. The Morgan fingerprint density at radius 2 is 1.90 bits per heavy atom. The molecule has 0 atom stereocenters. The first-order chi connectivity index (χ1) is 9.97. The van der Waals surface area contributed by atoms with Gasteiger partial charge in [-0.05, 0) is 25.5 Å². The second kappa shape index (κ2) is 6.11. The topological polar surface area (TPSA) is 37.8 Å². The van der Waals surface area contributed by atoms with Crippen LogP contribution < -0.4 is 5.32 Å². The van der Waals surface area contributed by atoms with Crippen molar-refractivity contribution in [2.24, 2.45) is 0 Å². The first-order valence-electron chi connectivity index (χ1n) is 6.72. The third-order valence-electron chi connectivity index (χ3n) is 3.11. The molecule has 0 aliphatic rings. The van der Waals surface area contributed by atoms with E-state index in [2.05, 4.69) is 15.3 Å². The Bertz CT molecular complexity index is 624. The minimum atomic E-state index is -4.36. The normalized spacial score (nSPS) is 11.5. The third-order valence-corrected chi connectivity index (χ3v) is 3.11. The molecule has 0 spiro atoms. The van der Waals surface area contributed by atoms with Crippen molar-refractivity contribution in [3.8, 4) is 11.3 Å².